The minimum Gasteiger partial charge on any atom is -0.489 e. The predicted octanol–water partition coefficient (Wildman–Crippen LogP) is 5.30. The minimum atomic E-state index is -0.981. The molecule has 1 aliphatic rings. The number of hydrogen-bond donors (Lipinski definition) is 2. The molecule has 0 fully saturated rings. The van der Waals surface area contributed by atoms with Crippen molar-refractivity contribution < 1.29 is 24.2 Å². The second kappa shape index (κ2) is 10.7. The first-order valence-corrected chi connectivity index (χ1v) is 11.3. The molecule has 1 amide bonds. The van der Waals surface area contributed by atoms with Gasteiger partial charge in [-0.15, -0.1) is 0 Å². The van der Waals surface area contributed by atoms with Gasteiger partial charge in [0.05, 0.1) is 12.0 Å². The van der Waals surface area contributed by atoms with Gasteiger partial charge in [-0.1, -0.05) is 66.8 Å². The second-order valence-electron chi connectivity index (χ2n) is 8.56. The van der Waals surface area contributed by atoms with Crippen molar-refractivity contribution in [2.75, 3.05) is 0 Å². The third kappa shape index (κ3) is 6.38. The molecule has 6 nitrogen and oxygen atoms in total. The Balaban J connectivity index is 1.29. The average Bonchev–Trinajstić information content (AvgIpc) is 2.85. The lowest BCUT2D eigenvalue weighted by molar-refractivity contribution is -0.142. The van der Waals surface area contributed by atoms with Crippen LogP contribution in [-0.4, -0.2) is 22.5 Å². The van der Waals surface area contributed by atoms with Crippen LogP contribution in [0.2, 0.25) is 0 Å². The van der Waals surface area contributed by atoms with Gasteiger partial charge in [-0.3, -0.25) is 9.59 Å². The highest BCUT2D eigenvalue weighted by atomic mass is 16.5. The third-order valence-corrected chi connectivity index (χ3v) is 5.77. The fourth-order valence-electron chi connectivity index (χ4n) is 3.88. The molecule has 0 radical (unpaired) electrons. The van der Waals surface area contributed by atoms with E-state index in [4.69, 9.17) is 9.47 Å². The summed E-state index contributed by atoms with van der Waals surface area (Å²) in [4.78, 5) is 24.2. The normalized spacial score (nSPS) is 18.6. The minimum absolute atomic E-state index is 0.132. The predicted molar refractivity (Wildman–Crippen MR) is 133 cm³/mol. The van der Waals surface area contributed by atoms with Gasteiger partial charge in [0.25, 0.3) is 0 Å². The Morgan fingerprint density at radius 1 is 0.857 bits per heavy atom. The molecule has 3 aromatic rings. The average molecular weight is 470 g/mol. The van der Waals surface area contributed by atoms with Crippen molar-refractivity contribution in [1.82, 2.24) is 5.32 Å². The second-order valence-corrected chi connectivity index (χ2v) is 8.56. The number of carboxylic acid groups (broad SMARTS) is 1. The van der Waals surface area contributed by atoms with Gasteiger partial charge < -0.3 is 19.9 Å². The molecule has 2 N–H and O–H groups in total. The Hall–Kier alpha value is -4.32. The molecular weight excluding hydrogens is 442 g/mol. The number of amides is 1. The van der Waals surface area contributed by atoms with Crippen LogP contribution in [0.3, 0.4) is 0 Å². The molecule has 0 heterocycles. The first kappa shape index (κ1) is 23.8. The number of carboxylic acids is 1. The summed E-state index contributed by atoms with van der Waals surface area (Å²) in [7, 11) is 0. The largest absolute Gasteiger partial charge is 0.489 e. The monoisotopic (exact) mass is 469 g/mol. The molecular formula is C29H27NO5. The van der Waals surface area contributed by atoms with Gasteiger partial charge in [-0.05, 0) is 54.4 Å². The summed E-state index contributed by atoms with van der Waals surface area (Å²) >= 11 is 0. The van der Waals surface area contributed by atoms with E-state index < -0.39 is 17.4 Å². The molecule has 6 heteroatoms. The zero-order chi connectivity index (χ0) is 24.7. The van der Waals surface area contributed by atoms with Crippen molar-refractivity contribution in [3.05, 3.63) is 114 Å². The summed E-state index contributed by atoms with van der Waals surface area (Å²) in [5.74, 6) is 0.0221. The van der Waals surface area contributed by atoms with Crippen LogP contribution in [0.1, 0.15) is 18.1 Å². The summed E-state index contributed by atoms with van der Waals surface area (Å²) in [5, 5.41) is 12.3. The van der Waals surface area contributed by atoms with Crippen molar-refractivity contribution in [3.63, 3.8) is 0 Å². The zero-order valence-electron chi connectivity index (χ0n) is 19.4. The molecule has 0 aromatic heterocycles. The number of benzene rings is 3. The summed E-state index contributed by atoms with van der Waals surface area (Å²) < 4.78 is 11.7. The summed E-state index contributed by atoms with van der Waals surface area (Å²) in [6, 6.07) is 24.6. The van der Waals surface area contributed by atoms with Crippen LogP contribution >= 0.6 is 0 Å². The number of allylic oxidation sites excluding steroid dienone is 2. The van der Waals surface area contributed by atoms with E-state index in [2.05, 4.69) is 5.32 Å². The molecule has 178 valence electrons. The number of aliphatic carboxylic acids is 1. The molecule has 3 aromatic carbocycles. The highest BCUT2D eigenvalue weighted by Gasteiger charge is 2.37. The van der Waals surface area contributed by atoms with Gasteiger partial charge in [0.1, 0.15) is 29.8 Å². The van der Waals surface area contributed by atoms with Crippen LogP contribution < -0.4 is 14.8 Å². The SMILES string of the molecule is CC1(NC(=O)Cc2ccc(Oc3ccc(OCc4ccccc4)cc3)cc2)C=CC=CC1C(=O)O. The van der Waals surface area contributed by atoms with Gasteiger partial charge in [0, 0.05) is 0 Å². The Morgan fingerprint density at radius 2 is 1.49 bits per heavy atom. The number of carbonyl (C=O) groups is 2. The molecule has 2 unspecified atom stereocenters. The maximum atomic E-state index is 12.6. The molecule has 0 aliphatic heterocycles. The van der Waals surface area contributed by atoms with Crippen LogP contribution in [-0.2, 0) is 22.6 Å². The van der Waals surface area contributed by atoms with Crippen LogP contribution in [0.25, 0.3) is 0 Å². The molecule has 2 atom stereocenters. The Kier molecular flexibility index (Phi) is 7.31. The molecule has 35 heavy (non-hydrogen) atoms. The van der Waals surface area contributed by atoms with E-state index in [-0.39, 0.29) is 12.3 Å². The van der Waals surface area contributed by atoms with Crippen LogP contribution in [0.15, 0.2) is 103 Å². The highest BCUT2D eigenvalue weighted by Crippen LogP contribution is 2.26. The summed E-state index contributed by atoms with van der Waals surface area (Å²) in [5.41, 5.74) is 0.923. The first-order valence-electron chi connectivity index (χ1n) is 11.3. The molecule has 0 saturated carbocycles. The van der Waals surface area contributed by atoms with Gasteiger partial charge in [0.15, 0.2) is 0 Å². The van der Waals surface area contributed by atoms with Crippen LogP contribution in [0.5, 0.6) is 17.2 Å². The van der Waals surface area contributed by atoms with E-state index in [1.54, 1.807) is 43.4 Å². The van der Waals surface area contributed by atoms with Crippen LogP contribution in [0, 0.1) is 5.92 Å². The smallest absolute Gasteiger partial charge is 0.313 e. The maximum Gasteiger partial charge on any atom is 0.313 e. The lowest BCUT2D eigenvalue weighted by Gasteiger charge is -2.33. The highest BCUT2D eigenvalue weighted by molar-refractivity contribution is 5.82. The van der Waals surface area contributed by atoms with Crippen molar-refractivity contribution in [3.8, 4) is 17.2 Å². The Morgan fingerprint density at radius 3 is 2.14 bits per heavy atom. The first-order chi connectivity index (χ1) is 16.9. The number of carbonyl (C=O) groups excluding carboxylic acids is 1. The standard InChI is InChI=1S/C29H27NO5/c1-29(18-6-5-9-26(29)28(32)33)30-27(31)19-21-10-12-24(13-11-21)35-25-16-14-23(15-17-25)34-20-22-7-3-2-4-8-22/h2-18,26H,19-20H2,1H3,(H,30,31)(H,32,33). The number of nitrogens with one attached hydrogen (secondary N) is 1. The fourth-order valence-corrected chi connectivity index (χ4v) is 3.88. The van der Waals surface area contributed by atoms with E-state index >= 15 is 0 Å². The van der Waals surface area contributed by atoms with E-state index in [1.165, 1.54) is 0 Å². The molecule has 1 aliphatic carbocycles. The lowest BCUT2D eigenvalue weighted by atomic mass is 9.82. The maximum absolute atomic E-state index is 12.6. The van der Waals surface area contributed by atoms with Gasteiger partial charge in [-0.25, -0.2) is 0 Å². The third-order valence-electron chi connectivity index (χ3n) is 5.77. The number of rotatable bonds is 9. The van der Waals surface area contributed by atoms with E-state index in [9.17, 15) is 14.7 Å². The van der Waals surface area contributed by atoms with Gasteiger partial charge in [0.2, 0.25) is 5.91 Å². The van der Waals surface area contributed by atoms with Crippen LogP contribution in [0.4, 0.5) is 0 Å². The Labute approximate surface area is 204 Å². The van der Waals surface area contributed by atoms with Gasteiger partial charge >= 0.3 is 5.97 Å². The number of ether oxygens (including phenoxy) is 2. The summed E-state index contributed by atoms with van der Waals surface area (Å²) in [6.07, 6.45) is 6.84. The topological polar surface area (TPSA) is 84.9 Å². The van der Waals surface area contributed by atoms with Crippen molar-refractivity contribution in [1.29, 1.82) is 0 Å². The fraction of sp³-hybridized carbons (Fsp3) is 0.172. The van der Waals surface area contributed by atoms with Crippen molar-refractivity contribution in [2.45, 2.75) is 25.5 Å². The lowest BCUT2D eigenvalue weighted by Crippen LogP contribution is -2.53. The quantitative estimate of drug-likeness (QED) is 0.444. The van der Waals surface area contributed by atoms with Crippen molar-refractivity contribution in [2.24, 2.45) is 5.92 Å². The van der Waals surface area contributed by atoms with E-state index in [0.29, 0.717) is 18.1 Å². The Bertz CT molecular complexity index is 1220. The molecule has 0 saturated heterocycles. The van der Waals surface area contributed by atoms with E-state index in [0.717, 1.165) is 16.9 Å². The van der Waals surface area contributed by atoms with Crippen molar-refractivity contribution >= 4 is 11.9 Å². The molecule has 0 spiro atoms. The summed E-state index contributed by atoms with van der Waals surface area (Å²) in [6.45, 7) is 2.21. The number of hydrogen-bond acceptors (Lipinski definition) is 4. The molecule has 4 rings (SSSR count). The van der Waals surface area contributed by atoms with Gasteiger partial charge in [-0.2, -0.15) is 0 Å². The molecule has 0 bridgehead atoms. The zero-order valence-corrected chi connectivity index (χ0v) is 19.4. The van der Waals surface area contributed by atoms with E-state index in [1.807, 2.05) is 66.7 Å².